The largest absolute Gasteiger partial charge is 0.543 e. The van der Waals surface area contributed by atoms with Crippen molar-refractivity contribution >= 4 is 29.9 Å². The maximum absolute atomic E-state index is 12.8. The van der Waals surface area contributed by atoms with Crippen molar-refractivity contribution in [1.29, 1.82) is 0 Å². The van der Waals surface area contributed by atoms with Gasteiger partial charge < -0.3 is 10.2 Å². The molecule has 0 amide bonds. The zero-order chi connectivity index (χ0) is 13.4. The number of nitrogens with two attached hydrogens (primary N) is 1. The van der Waals surface area contributed by atoms with Crippen molar-refractivity contribution in [2.75, 3.05) is 5.73 Å². The van der Waals surface area contributed by atoms with Crippen LogP contribution in [-0.4, -0.2) is 8.32 Å². The molecule has 1 aromatic carbocycles. The van der Waals surface area contributed by atoms with Crippen LogP contribution >= 0.6 is 15.9 Å². The fraction of sp³-hybridized carbons (Fsp3) is 0.400. The highest BCUT2D eigenvalue weighted by Crippen LogP contribution is 2.42. The molecule has 0 bridgehead atoms. The normalized spacial score (nSPS) is 12.6. The third-order valence-electron chi connectivity index (χ3n) is 1.80. The maximum Gasteiger partial charge on any atom is 0.420 e. The molecule has 96 valence electrons. The third-order valence-corrected chi connectivity index (χ3v) is 3.07. The Hall–Kier alpha value is -0.693. The molecule has 0 spiro atoms. The summed E-state index contributed by atoms with van der Waals surface area (Å²) >= 11 is 3.00. The molecule has 0 aliphatic carbocycles. The van der Waals surface area contributed by atoms with E-state index in [1.54, 1.807) is 19.6 Å². The second kappa shape index (κ2) is 4.53. The lowest BCUT2D eigenvalue weighted by Crippen LogP contribution is -2.31. The Morgan fingerprint density at radius 2 is 1.76 bits per heavy atom. The predicted molar refractivity (Wildman–Crippen MR) is 67.5 cm³/mol. The van der Waals surface area contributed by atoms with E-state index in [-0.39, 0.29) is 15.9 Å². The Morgan fingerprint density at radius 3 is 2.18 bits per heavy atom. The Balaban J connectivity index is 3.36. The van der Waals surface area contributed by atoms with Crippen molar-refractivity contribution in [3.05, 3.63) is 22.2 Å². The lowest BCUT2D eigenvalue weighted by atomic mass is 10.1. The summed E-state index contributed by atoms with van der Waals surface area (Å²) in [6, 6.07) is 2.39. The lowest BCUT2D eigenvalue weighted by Gasteiger charge is -2.24. The highest BCUT2D eigenvalue weighted by Gasteiger charge is 2.37. The van der Waals surface area contributed by atoms with Gasteiger partial charge in [-0.25, -0.2) is 0 Å². The van der Waals surface area contributed by atoms with Crippen LogP contribution < -0.4 is 10.2 Å². The summed E-state index contributed by atoms with van der Waals surface area (Å²) in [4.78, 5) is 0. The molecule has 0 aromatic heterocycles. The van der Waals surface area contributed by atoms with Gasteiger partial charge in [-0.1, -0.05) is 15.9 Å². The monoisotopic (exact) mass is 327 g/mol. The first-order chi connectivity index (χ1) is 7.50. The zero-order valence-corrected chi connectivity index (χ0v) is 12.2. The van der Waals surface area contributed by atoms with Crippen molar-refractivity contribution in [2.24, 2.45) is 0 Å². The molecule has 0 atom stereocenters. The van der Waals surface area contributed by atoms with Gasteiger partial charge >= 0.3 is 6.18 Å². The number of hydrogen-bond donors (Lipinski definition) is 1. The van der Waals surface area contributed by atoms with Crippen molar-refractivity contribution in [3.63, 3.8) is 0 Å². The molecule has 0 aliphatic heterocycles. The molecule has 1 aromatic rings. The fourth-order valence-corrected chi connectivity index (χ4v) is 2.56. The van der Waals surface area contributed by atoms with Crippen LogP contribution in [0, 0.1) is 0 Å². The minimum atomic E-state index is -4.48. The van der Waals surface area contributed by atoms with E-state index in [1.807, 2.05) is 0 Å². The maximum atomic E-state index is 12.8. The van der Waals surface area contributed by atoms with E-state index in [1.165, 1.54) is 6.07 Å². The number of anilines is 1. The van der Waals surface area contributed by atoms with Crippen LogP contribution in [0.1, 0.15) is 5.56 Å². The van der Waals surface area contributed by atoms with Gasteiger partial charge in [0.05, 0.1) is 11.3 Å². The standard InChI is InChI=1S/C10H13BrF3NOSi/c1-17(2,3)16-9-7(10(12,13)14)4-6(11)5-8(9)15/h4-5H,15H2,1-3H3. The van der Waals surface area contributed by atoms with Gasteiger partial charge in [0, 0.05) is 4.47 Å². The van der Waals surface area contributed by atoms with E-state index in [4.69, 9.17) is 10.2 Å². The van der Waals surface area contributed by atoms with Gasteiger partial charge in [0.1, 0.15) is 5.75 Å². The first-order valence-electron chi connectivity index (χ1n) is 4.86. The van der Waals surface area contributed by atoms with Crippen LogP contribution in [0.15, 0.2) is 16.6 Å². The third kappa shape index (κ3) is 3.92. The molecular weight excluding hydrogens is 315 g/mol. The molecule has 17 heavy (non-hydrogen) atoms. The molecule has 0 fully saturated rings. The van der Waals surface area contributed by atoms with E-state index in [0.29, 0.717) is 0 Å². The number of benzene rings is 1. The van der Waals surface area contributed by atoms with Crippen LogP contribution in [0.2, 0.25) is 19.6 Å². The molecule has 0 heterocycles. The summed E-state index contributed by atoms with van der Waals surface area (Å²) in [5.74, 6) is -0.264. The van der Waals surface area contributed by atoms with Crippen LogP contribution in [0.3, 0.4) is 0 Å². The Kier molecular flexibility index (Phi) is 3.83. The van der Waals surface area contributed by atoms with Crippen molar-refractivity contribution < 1.29 is 17.6 Å². The first-order valence-corrected chi connectivity index (χ1v) is 9.06. The van der Waals surface area contributed by atoms with Crippen molar-refractivity contribution in [2.45, 2.75) is 25.8 Å². The van der Waals surface area contributed by atoms with Crippen LogP contribution in [0.4, 0.5) is 18.9 Å². The highest BCUT2D eigenvalue weighted by atomic mass is 79.9. The van der Waals surface area contributed by atoms with Crippen molar-refractivity contribution in [3.8, 4) is 5.75 Å². The molecule has 7 heteroatoms. The summed E-state index contributed by atoms with van der Waals surface area (Å²) in [6.45, 7) is 5.40. The van der Waals surface area contributed by atoms with Gasteiger partial charge in [0.2, 0.25) is 8.32 Å². The Bertz CT molecular complexity index is 429. The highest BCUT2D eigenvalue weighted by molar-refractivity contribution is 9.10. The predicted octanol–water partition coefficient (Wildman–Crippen LogP) is 4.26. The van der Waals surface area contributed by atoms with Gasteiger partial charge in [-0.15, -0.1) is 0 Å². The molecule has 0 saturated carbocycles. The molecular formula is C10H13BrF3NOSi. The van der Waals surface area contributed by atoms with Gasteiger partial charge in [-0.05, 0) is 31.8 Å². The Morgan fingerprint density at radius 1 is 1.24 bits per heavy atom. The first kappa shape index (κ1) is 14.4. The lowest BCUT2D eigenvalue weighted by molar-refractivity contribution is -0.138. The molecule has 2 N–H and O–H groups in total. The summed E-state index contributed by atoms with van der Waals surface area (Å²) in [7, 11) is -2.15. The smallest absolute Gasteiger partial charge is 0.420 e. The average Bonchev–Trinajstić information content (AvgIpc) is 2.05. The summed E-state index contributed by atoms with van der Waals surface area (Å²) in [5.41, 5.74) is 4.75. The second-order valence-corrected chi connectivity index (χ2v) is 9.93. The molecule has 2 nitrogen and oxygen atoms in total. The van der Waals surface area contributed by atoms with E-state index >= 15 is 0 Å². The van der Waals surface area contributed by atoms with E-state index in [0.717, 1.165) is 6.07 Å². The van der Waals surface area contributed by atoms with Crippen LogP contribution in [0.5, 0.6) is 5.75 Å². The SMILES string of the molecule is C[Si](C)(C)Oc1c(N)cc(Br)cc1C(F)(F)F. The second-order valence-electron chi connectivity index (χ2n) is 4.58. The summed E-state index contributed by atoms with van der Waals surface area (Å²) in [6.07, 6.45) is -4.48. The van der Waals surface area contributed by atoms with Gasteiger partial charge in [0.15, 0.2) is 0 Å². The van der Waals surface area contributed by atoms with E-state index < -0.39 is 20.1 Å². The number of alkyl halides is 3. The summed E-state index contributed by atoms with van der Waals surface area (Å²) in [5, 5.41) is 0. The molecule has 0 saturated heterocycles. The Labute approximate surface area is 107 Å². The topological polar surface area (TPSA) is 35.2 Å². The minimum absolute atomic E-state index is 0.00544. The van der Waals surface area contributed by atoms with Crippen molar-refractivity contribution in [1.82, 2.24) is 0 Å². The molecule has 1 rings (SSSR count). The minimum Gasteiger partial charge on any atom is -0.543 e. The number of halogens is 4. The van der Waals surface area contributed by atoms with Gasteiger partial charge in [-0.2, -0.15) is 13.2 Å². The molecule has 0 unspecified atom stereocenters. The van der Waals surface area contributed by atoms with E-state index in [2.05, 4.69) is 15.9 Å². The van der Waals surface area contributed by atoms with Crippen LogP contribution in [-0.2, 0) is 6.18 Å². The molecule has 0 aliphatic rings. The van der Waals surface area contributed by atoms with Gasteiger partial charge in [-0.3, -0.25) is 0 Å². The number of nitrogen functional groups attached to an aromatic ring is 1. The summed E-state index contributed by atoms with van der Waals surface area (Å²) < 4.78 is 44.2. The number of rotatable bonds is 2. The molecule has 0 radical (unpaired) electrons. The van der Waals surface area contributed by atoms with Gasteiger partial charge in [0.25, 0.3) is 0 Å². The zero-order valence-electron chi connectivity index (χ0n) is 9.65. The average molecular weight is 328 g/mol. The van der Waals surface area contributed by atoms with Crippen LogP contribution in [0.25, 0.3) is 0 Å². The number of hydrogen-bond acceptors (Lipinski definition) is 2. The van der Waals surface area contributed by atoms with E-state index in [9.17, 15) is 13.2 Å². The fourth-order valence-electron chi connectivity index (χ4n) is 1.25. The quantitative estimate of drug-likeness (QED) is 0.650.